The topological polar surface area (TPSA) is 95.9 Å². The molecular weight excluding hydrogens is 332 g/mol. The van der Waals surface area contributed by atoms with Crippen molar-refractivity contribution >= 4 is 21.6 Å². The molecule has 2 N–H and O–H groups in total. The van der Waals surface area contributed by atoms with Gasteiger partial charge in [0.15, 0.2) is 0 Å². The molecule has 0 heterocycles. The molecule has 0 radical (unpaired) electrons. The zero-order valence-electron chi connectivity index (χ0n) is 13.3. The third-order valence-corrected chi connectivity index (χ3v) is 5.28. The Morgan fingerprint density at radius 3 is 2.38 bits per heavy atom. The summed E-state index contributed by atoms with van der Waals surface area (Å²) in [4.78, 5) is 11.6. The maximum absolute atomic E-state index is 12.6. The van der Waals surface area contributed by atoms with Crippen molar-refractivity contribution in [1.29, 1.82) is 0 Å². The minimum Gasteiger partial charge on any atom is -0.497 e. The number of hydrogen-bond donors (Lipinski definition) is 2. The van der Waals surface area contributed by atoms with Crippen LogP contribution in [0.5, 0.6) is 5.75 Å². The largest absolute Gasteiger partial charge is 0.497 e. The number of rotatable bonds is 6. The first-order chi connectivity index (χ1) is 11.4. The van der Waals surface area contributed by atoms with Gasteiger partial charge in [-0.25, -0.2) is 13.9 Å². The van der Waals surface area contributed by atoms with Crippen LogP contribution in [0.2, 0.25) is 0 Å². The Morgan fingerprint density at radius 1 is 1.17 bits per heavy atom. The highest BCUT2D eigenvalue weighted by molar-refractivity contribution is 7.92. The molecule has 2 aromatic carbocycles. The van der Waals surface area contributed by atoms with E-state index in [1.54, 1.807) is 36.4 Å². The molecule has 0 fully saturated rings. The lowest BCUT2D eigenvalue weighted by molar-refractivity contribution is 0.0705. The molecule has 0 saturated heterocycles. The molecule has 2 aromatic rings. The van der Waals surface area contributed by atoms with Crippen LogP contribution in [0.1, 0.15) is 15.9 Å². The number of carbonyl (C=O) groups is 1. The number of hydrogen-bond acceptors (Lipinski definition) is 5. The summed E-state index contributed by atoms with van der Waals surface area (Å²) in [6.07, 6.45) is 0. The lowest BCUT2D eigenvalue weighted by Gasteiger charge is -2.20. The van der Waals surface area contributed by atoms with Gasteiger partial charge in [-0.05, 0) is 35.9 Å². The minimum absolute atomic E-state index is 0.103. The number of ether oxygens (including phenoxy) is 1. The molecule has 0 atom stereocenters. The van der Waals surface area contributed by atoms with Gasteiger partial charge >= 0.3 is 0 Å². The first kappa shape index (κ1) is 17.8. The van der Waals surface area contributed by atoms with E-state index in [2.05, 4.69) is 0 Å². The Balaban J connectivity index is 2.29. The van der Waals surface area contributed by atoms with Crippen molar-refractivity contribution in [2.45, 2.75) is 5.75 Å². The second-order valence-corrected chi connectivity index (χ2v) is 7.02. The monoisotopic (exact) mass is 350 g/mol. The molecule has 24 heavy (non-hydrogen) atoms. The maximum Gasteiger partial charge on any atom is 0.274 e. The van der Waals surface area contributed by atoms with Crippen molar-refractivity contribution in [2.75, 3.05) is 18.5 Å². The van der Waals surface area contributed by atoms with Crippen molar-refractivity contribution in [3.63, 3.8) is 0 Å². The summed E-state index contributed by atoms with van der Waals surface area (Å²) in [5, 5.41) is 8.78. The first-order valence-electron chi connectivity index (χ1n) is 7.02. The van der Waals surface area contributed by atoms with Crippen LogP contribution in [0.25, 0.3) is 0 Å². The predicted molar refractivity (Wildman–Crippen MR) is 89.7 cm³/mol. The standard InChI is InChI=1S/C16H18N2O5S/c1-18(13-7-9-14(23-2)10-8-13)24(21,22)11-12-5-3-4-6-15(12)16(19)17-20/h3-10,20H,11H2,1-2H3,(H,17,19). The highest BCUT2D eigenvalue weighted by atomic mass is 32.2. The van der Waals surface area contributed by atoms with Gasteiger partial charge in [-0.1, -0.05) is 18.2 Å². The number of benzene rings is 2. The lowest BCUT2D eigenvalue weighted by atomic mass is 10.1. The molecule has 2 rings (SSSR count). The lowest BCUT2D eigenvalue weighted by Crippen LogP contribution is -2.29. The van der Waals surface area contributed by atoms with Gasteiger partial charge in [0.25, 0.3) is 5.91 Å². The molecule has 0 aliphatic carbocycles. The van der Waals surface area contributed by atoms with E-state index in [0.717, 1.165) is 4.31 Å². The zero-order valence-corrected chi connectivity index (χ0v) is 14.1. The second kappa shape index (κ2) is 7.33. The zero-order chi connectivity index (χ0) is 17.7. The summed E-state index contributed by atoms with van der Waals surface area (Å²) in [6, 6.07) is 12.8. The Bertz CT molecular complexity index is 819. The number of nitrogens with one attached hydrogen (secondary N) is 1. The molecule has 0 bridgehead atoms. The van der Waals surface area contributed by atoms with Crippen LogP contribution in [0, 0.1) is 0 Å². The van der Waals surface area contributed by atoms with Crippen LogP contribution < -0.4 is 14.5 Å². The molecule has 8 heteroatoms. The quantitative estimate of drug-likeness (QED) is 0.611. The van der Waals surface area contributed by atoms with Crippen molar-refractivity contribution in [3.05, 3.63) is 59.7 Å². The van der Waals surface area contributed by atoms with Gasteiger partial charge in [-0.3, -0.25) is 14.3 Å². The number of anilines is 1. The van der Waals surface area contributed by atoms with Gasteiger partial charge in [-0.15, -0.1) is 0 Å². The average molecular weight is 350 g/mol. The predicted octanol–water partition coefficient (Wildman–Crippen LogP) is 1.78. The van der Waals surface area contributed by atoms with Crippen LogP contribution in [-0.4, -0.2) is 33.7 Å². The van der Waals surface area contributed by atoms with Crippen LogP contribution >= 0.6 is 0 Å². The van der Waals surface area contributed by atoms with Gasteiger partial charge in [-0.2, -0.15) is 0 Å². The Labute approximate surface area is 140 Å². The van der Waals surface area contributed by atoms with Crippen molar-refractivity contribution in [3.8, 4) is 5.75 Å². The summed E-state index contributed by atoms with van der Waals surface area (Å²) in [5.74, 6) is -0.513. The Morgan fingerprint density at radius 2 is 1.79 bits per heavy atom. The van der Waals surface area contributed by atoms with Crippen LogP contribution in [0.15, 0.2) is 48.5 Å². The number of carbonyl (C=O) groups excluding carboxylic acids is 1. The molecule has 0 spiro atoms. The van der Waals surface area contributed by atoms with Gasteiger partial charge in [0, 0.05) is 12.6 Å². The maximum atomic E-state index is 12.6. The van der Waals surface area contributed by atoms with Crippen LogP contribution in [0.3, 0.4) is 0 Å². The molecule has 7 nitrogen and oxygen atoms in total. The van der Waals surface area contributed by atoms with E-state index in [1.807, 2.05) is 0 Å². The van der Waals surface area contributed by atoms with Crippen molar-refractivity contribution in [2.24, 2.45) is 0 Å². The fraction of sp³-hybridized carbons (Fsp3) is 0.188. The molecule has 0 aromatic heterocycles. The van der Waals surface area contributed by atoms with Crippen molar-refractivity contribution in [1.82, 2.24) is 5.48 Å². The average Bonchev–Trinajstić information content (AvgIpc) is 2.60. The van der Waals surface area contributed by atoms with E-state index in [9.17, 15) is 13.2 Å². The highest BCUT2D eigenvalue weighted by Crippen LogP contribution is 2.23. The number of nitrogens with zero attached hydrogens (tertiary/aromatic N) is 1. The normalized spacial score (nSPS) is 11.0. The van der Waals surface area contributed by atoms with Crippen molar-refractivity contribution < 1.29 is 23.2 Å². The van der Waals surface area contributed by atoms with E-state index in [0.29, 0.717) is 17.0 Å². The summed E-state index contributed by atoms with van der Waals surface area (Å²) >= 11 is 0. The smallest absolute Gasteiger partial charge is 0.274 e. The van der Waals surface area contributed by atoms with Gasteiger partial charge < -0.3 is 4.74 Å². The molecule has 128 valence electrons. The fourth-order valence-corrected chi connectivity index (χ4v) is 3.46. The summed E-state index contributed by atoms with van der Waals surface area (Å²) in [6.45, 7) is 0. The number of hydroxylamine groups is 1. The molecule has 1 amide bonds. The fourth-order valence-electron chi connectivity index (χ4n) is 2.17. The summed E-state index contributed by atoms with van der Waals surface area (Å²) in [5.41, 5.74) is 2.39. The van der Waals surface area contributed by atoms with Gasteiger partial charge in [0.2, 0.25) is 10.0 Å². The molecular formula is C16H18N2O5S. The third kappa shape index (κ3) is 3.84. The highest BCUT2D eigenvalue weighted by Gasteiger charge is 2.22. The van der Waals surface area contributed by atoms with Gasteiger partial charge in [0.1, 0.15) is 5.75 Å². The van der Waals surface area contributed by atoms with E-state index >= 15 is 0 Å². The summed E-state index contributed by atoms with van der Waals surface area (Å²) < 4.78 is 31.4. The summed E-state index contributed by atoms with van der Waals surface area (Å²) in [7, 11) is -0.757. The molecule has 0 aliphatic rings. The third-order valence-electron chi connectivity index (χ3n) is 3.55. The van der Waals surface area contributed by atoms with E-state index in [-0.39, 0.29) is 11.3 Å². The molecule has 0 unspecified atom stereocenters. The van der Waals surface area contributed by atoms with E-state index in [4.69, 9.17) is 9.94 Å². The molecule has 0 saturated carbocycles. The number of sulfonamides is 1. The Kier molecular flexibility index (Phi) is 5.42. The van der Waals surface area contributed by atoms with Gasteiger partial charge in [0.05, 0.1) is 18.6 Å². The minimum atomic E-state index is -3.72. The first-order valence-corrected chi connectivity index (χ1v) is 8.63. The second-order valence-electron chi connectivity index (χ2n) is 5.02. The SMILES string of the molecule is COc1ccc(N(C)S(=O)(=O)Cc2ccccc2C(=O)NO)cc1. The van der Waals surface area contributed by atoms with E-state index in [1.165, 1.54) is 31.8 Å². The Hall–Kier alpha value is -2.58. The molecule has 0 aliphatic heterocycles. The van der Waals surface area contributed by atoms with Crippen LogP contribution in [0.4, 0.5) is 5.69 Å². The van der Waals surface area contributed by atoms with Crippen LogP contribution in [-0.2, 0) is 15.8 Å². The number of amides is 1. The number of methoxy groups -OCH3 is 1. The van der Waals surface area contributed by atoms with E-state index < -0.39 is 15.9 Å².